The van der Waals surface area contributed by atoms with Gasteiger partial charge in [-0.3, -0.25) is 0 Å². The standard InChI is InChI=1S/C20H18F4N4S/c21-17-18(25-9-14-7-8-29-11-14)26-12-27-19(17)28(16-5-6-16)10-13-1-3-15(4-2-13)20(22,23)24/h1-4,7-8,11-12,16H,5-6,9-10H2,(H,25,26,27). The molecule has 1 aliphatic rings. The van der Waals surface area contributed by atoms with Gasteiger partial charge < -0.3 is 10.2 Å². The van der Waals surface area contributed by atoms with Crippen molar-refractivity contribution in [1.29, 1.82) is 0 Å². The lowest BCUT2D eigenvalue weighted by Gasteiger charge is -2.24. The summed E-state index contributed by atoms with van der Waals surface area (Å²) in [7, 11) is 0. The number of hydrogen-bond acceptors (Lipinski definition) is 5. The quantitative estimate of drug-likeness (QED) is 0.512. The minimum absolute atomic E-state index is 0.110. The third-order valence-electron chi connectivity index (χ3n) is 4.71. The Balaban J connectivity index is 1.53. The summed E-state index contributed by atoms with van der Waals surface area (Å²) >= 11 is 1.56. The first-order valence-electron chi connectivity index (χ1n) is 9.10. The first kappa shape index (κ1) is 19.6. The molecule has 29 heavy (non-hydrogen) atoms. The smallest absolute Gasteiger partial charge is 0.363 e. The van der Waals surface area contributed by atoms with E-state index in [0.29, 0.717) is 12.1 Å². The molecule has 0 spiro atoms. The summed E-state index contributed by atoms with van der Waals surface area (Å²) in [6.07, 6.45) is -1.30. The minimum Gasteiger partial charge on any atom is -0.363 e. The first-order chi connectivity index (χ1) is 13.9. The third-order valence-corrected chi connectivity index (χ3v) is 5.44. The molecule has 1 N–H and O–H groups in total. The van der Waals surface area contributed by atoms with Crippen LogP contribution in [-0.4, -0.2) is 16.0 Å². The molecule has 0 saturated heterocycles. The zero-order chi connectivity index (χ0) is 20.4. The van der Waals surface area contributed by atoms with Crippen LogP contribution in [0.1, 0.15) is 29.5 Å². The molecule has 3 aromatic rings. The Labute approximate surface area is 169 Å². The number of aromatic nitrogens is 2. The van der Waals surface area contributed by atoms with Gasteiger partial charge in [-0.2, -0.15) is 28.9 Å². The zero-order valence-electron chi connectivity index (χ0n) is 15.3. The van der Waals surface area contributed by atoms with Gasteiger partial charge in [0.05, 0.1) is 5.56 Å². The van der Waals surface area contributed by atoms with E-state index in [0.717, 1.165) is 30.5 Å². The molecular formula is C20H18F4N4S. The van der Waals surface area contributed by atoms with E-state index in [4.69, 9.17) is 0 Å². The molecule has 4 rings (SSSR count). The van der Waals surface area contributed by atoms with E-state index in [2.05, 4.69) is 15.3 Å². The van der Waals surface area contributed by atoms with Gasteiger partial charge >= 0.3 is 6.18 Å². The lowest BCUT2D eigenvalue weighted by atomic mass is 10.1. The SMILES string of the molecule is Fc1c(NCc2ccsc2)ncnc1N(Cc1ccc(C(F)(F)F)cc1)C1CC1. The molecule has 1 saturated carbocycles. The summed E-state index contributed by atoms with van der Waals surface area (Å²) in [6.45, 7) is 0.722. The number of alkyl halides is 3. The van der Waals surface area contributed by atoms with Crippen molar-refractivity contribution in [2.24, 2.45) is 0 Å². The highest BCUT2D eigenvalue weighted by Gasteiger charge is 2.33. The van der Waals surface area contributed by atoms with E-state index in [1.54, 1.807) is 16.2 Å². The fraction of sp³-hybridized carbons (Fsp3) is 0.300. The van der Waals surface area contributed by atoms with Crippen molar-refractivity contribution >= 4 is 23.0 Å². The average Bonchev–Trinajstić information content (AvgIpc) is 3.40. The van der Waals surface area contributed by atoms with Gasteiger partial charge in [0.2, 0.25) is 5.82 Å². The average molecular weight is 422 g/mol. The van der Waals surface area contributed by atoms with Gasteiger partial charge in [-0.1, -0.05) is 12.1 Å². The van der Waals surface area contributed by atoms with Crippen LogP contribution < -0.4 is 10.2 Å². The molecule has 2 aromatic heterocycles. The van der Waals surface area contributed by atoms with Gasteiger partial charge in [-0.15, -0.1) is 0 Å². The van der Waals surface area contributed by atoms with E-state index in [1.807, 2.05) is 16.8 Å². The number of nitrogens with zero attached hydrogens (tertiary/aromatic N) is 3. The molecule has 0 aliphatic heterocycles. The Kier molecular flexibility index (Phi) is 5.40. The van der Waals surface area contributed by atoms with Crippen molar-refractivity contribution in [2.75, 3.05) is 10.2 Å². The largest absolute Gasteiger partial charge is 0.416 e. The monoisotopic (exact) mass is 422 g/mol. The van der Waals surface area contributed by atoms with E-state index in [1.165, 1.54) is 18.5 Å². The van der Waals surface area contributed by atoms with Crippen LogP contribution in [0.5, 0.6) is 0 Å². The van der Waals surface area contributed by atoms with Crippen molar-refractivity contribution in [1.82, 2.24) is 9.97 Å². The molecule has 1 fully saturated rings. The predicted octanol–water partition coefficient (Wildman–Crippen LogP) is 5.48. The van der Waals surface area contributed by atoms with Crippen molar-refractivity contribution in [3.63, 3.8) is 0 Å². The van der Waals surface area contributed by atoms with Gasteiger partial charge in [-0.05, 0) is 52.9 Å². The molecule has 4 nitrogen and oxygen atoms in total. The van der Waals surface area contributed by atoms with E-state index in [9.17, 15) is 13.2 Å². The fourth-order valence-corrected chi connectivity index (χ4v) is 3.69. The van der Waals surface area contributed by atoms with Crippen LogP contribution in [0.25, 0.3) is 0 Å². The lowest BCUT2D eigenvalue weighted by molar-refractivity contribution is -0.137. The van der Waals surface area contributed by atoms with E-state index in [-0.39, 0.29) is 24.2 Å². The summed E-state index contributed by atoms with van der Waals surface area (Å²) in [5.74, 6) is -0.281. The molecule has 2 heterocycles. The summed E-state index contributed by atoms with van der Waals surface area (Å²) in [4.78, 5) is 9.92. The number of thiophene rings is 1. The number of nitrogens with one attached hydrogen (secondary N) is 1. The minimum atomic E-state index is -4.38. The van der Waals surface area contributed by atoms with Gasteiger partial charge in [-0.25, -0.2) is 9.97 Å². The lowest BCUT2D eigenvalue weighted by Crippen LogP contribution is -2.27. The number of benzene rings is 1. The normalized spacial score (nSPS) is 14.1. The Bertz CT molecular complexity index is 954. The summed E-state index contributed by atoms with van der Waals surface area (Å²) in [6, 6.07) is 7.00. The topological polar surface area (TPSA) is 41.1 Å². The molecule has 0 bridgehead atoms. The molecule has 0 amide bonds. The second-order valence-electron chi connectivity index (χ2n) is 6.90. The molecule has 9 heteroatoms. The molecule has 1 aliphatic carbocycles. The fourth-order valence-electron chi connectivity index (χ4n) is 3.02. The molecular weight excluding hydrogens is 404 g/mol. The maximum atomic E-state index is 15.1. The van der Waals surface area contributed by atoms with Crippen LogP contribution in [0.3, 0.4) is 0 Å². The molecule has 1 aromatic carbocycles. The maximum absolute atomic E-state index is 15.1. The molecule has 0 unspecified atom stereocenters. The Morgan fingerprint density at radius 1 is 1.07 bits per heavy atom. The van der Waals surface area contributed by atoms with E-state index >= 15 is 4.39 Å². The summed E-state index contributed by atoms with van der Waals surface area (Å²) < 4.78 is 53.4. The Hall–Kier alpha value is -2.68. The van der Waals surface area contributed by atoms with Crippen LogP contribution in [0, 0.1) is 5.82 Å². The predicted molar refractivity (Wildman–Crippen MR) is 104 cm³/mol. The van der Waals surface area contributed by atoms with Gasteiger partial charge in [0.15, 0.2) is 11.6 Å². The third kappa shape index (κ3) is 4.67. The number of anilines is 2. The highest BCUT2D eigenvalue weighted by Crippen LogP contribution is 2.35. The number of halogens is 4. The summed E-state index contributed by atoms with van der Waals surface area (Å²) in [5.41, 5.74) is 0.987. The van der Waals surface area contributed by atoms with Gasteiger partial charge in [0, 0.05) is 19.1 Å². The Morgan fingerprint density at radius 3 is 2.45 bits per heavy atom. The van der Waals surface area contributed by atoms with Gasteiger partial charge in [0.1, 0.15) is 6.33 Å². The summed E-state index contributed by atoms with van der Waals surface area (Å²) in [5, 5.41) is 6.90. The van der Waals surface area contributed by atoms with Crippen LogP contribution in [-0.2, 0) is 19.3 Å². The van der Waals surface area contributed by atoms with E-state index < -0.39 is 17.6 Å². The second kappa shape index (κ2) is 7.98. The van der Waals surface area contributed by atoms with Crippen LogP contribution in [0.4, 0.5) is 29.2 Å². The van der Waals surface area contributed by atoms with Crippen molar-refractivity contribution in [3.8, 4) is 0 Å². The van der Waals surface area contributed by atoms with Gasteiger partial charge in [0.25, 0.3) is 0 Å². The van der Waals surface area contributed by atoms with Crippen LogP contribution >= 0.6 is 11.3 Å². The number of hydrogen-bond donors (Lipinski definition) is 1. The first-order valence-corrected chi connectivity index (χ1v) is 10.0. The zero-order valence-corrected chi connectivity index (χ0v) is 16.1. The highest BCUT2D eigenvalue weighted by molar-refractivity contribution is 7.07. The van der Waals surface area contributed by atoms with Crippen molar-refractivity contribution in [3.05, 3.63) is 69.9 Å². The second-order valence-corrected chi connectivity index (χ2v) is 7.68. The Morgan fingerprint density at radius 2 is 1.83 bits per heavy atom. The molecule has 0 atom stereocenters. The molecule has 0 radical (unpaired) electrons. The van der Waals surface area contributed by atoms with Crippen molar-refractivity contribution in [2.45, 2.75) is 38.1 Å². The van der Waals surface area contributed by atoms with Crippen LogP contribution in [0.2, 0.25) is 0 Å². The number of rotatable bonds is 7. The van der Waals surface area contributed by atoms with Crippen molar-refractivity contribution < 1.29 is 17.6 Å². The highest BCUT2D eigenvalue weighted by atomic mass is 32.1. The molecule has 152 valence electrons. The van der Waals surface area contributed by atoms with Crippen LogP contribution in [0.15, 0.2) is 47.4 Å². The maximum Gasteiger partial charge on any atom is 0.416 e.